The fourth-order valence-electron chi connectivity index (χ4n) is 3.74. The van der Waals surface area contributed by atoms with Gasteiger partial charge in [0, 0.05) is 5.39 Å². The smallest absolute Gasteiger partial charge is 0.340 e. The number of rotatable bonds is 7. The number of carbonyl (C=O) groups excluding carboxylic acids is 1. The molecule has 2 N–H and O–H groups in total. The van der Waals surface area contributed by atoms with Crippen LogP contribution in [-0.2, 0) is 11.2 Å². The van der Waals surface area contributed by atoms with Gasteiger partial charge < -0.3 is 19.3 Å². The highest BCUT2D eigenvalue weighted by molar-refractivity contribution is 7.98. The Bertz CT molecular complexity index is 1130. The molecule has 0 saturated carbocycles. The van der Waals surface area contributed by atoms with Gasteiger partial charge in [0.15, 0.2) is 0 Å². The summed E-state index contributed by atoms with van der Waals surface area (Å²) >= 11 is 1.65. The van der Waals surface area contributed by atoms with Crippen molar-refractivity contribution in [2.45, 2.75) is 46.6 Å². The van der Waals surface area contributed by atoms with Crippen molar-refractivity contribution in [3.8, 4) is 0 Å². The molecule has 2 heterocycles. The predicted molar refractivity (Wildman–Crippen MR) is 117 cm³/mol. The molecule has 3 rings (SSSR count). The van der Waals surface area contributed by atoms with Crippen molar-refractivity contribution in [3.05, 3.63) is 44.5 Å². The Balaban J connectivity index is 2.04. The molecule has 29 heavy (non-hydrogen) atoms. The van der Waals surface area contributed by atoms with Gasteiger partial charge in [0.2, 0.25) is 5.91 Å². The molecule has 1 atom stereocenters. The van der Waals surface area contributed by atoms with Gasteiger partial charge in [0.25, 0.3) is 0 Å². The predicted octanol–water partition coefficient (Wildman–Crippen LogP) is 3.55. The average molecular weight is 418 g/mol. The van der Waals surface area contributed by atoms with E-state index in [0.29, 0.717) is 28.7 Å². The lowest BCUT2D eigenvalue weighted by Crippen LogP contribution is -2.39. The second-order valence-corrected chi connectivity index (χ2v) is 8.44. The van der Waals surface area contributed by atoms with Crippen LogP contribution < -0.4 is 10.9 Å². The van der Waals surface area contributed by atoms with E-state index >= 15 is 0 Å². The zero-order valence-corrected chi connectivity index (χ0v) is 18.3. The molecule has 0 radical (unpaired) electrons. The number of fused-ring (bicyclic) bond motifs is 3. The highest BCUT2D eigenvalue weighted by atomic mass is 32.2. The fourth-order valence-corrected chi connectivity index (χ4v) is 4.27. The fraction of sp³-hybridized carbons (Fsp3) is 0.455. The standard InChI is InChI=1S/C22H27NO5S/c1-11-8-17-20(21-19(11)12(2)14(4)27-21)13(3)16(22(26)28-17)9-18(25)23-15(10-24)6-7-29-5/h8,15,24H,6-7,9-10H2,1-5H3,(H,23,25)/t15-/m1/s1. The lowest BCUT2D eigenvalue weighted by Gasteiger charge is -2.16. The van der Waals surface area contributed by atoms with Crippen molar-refractivity contribution in [2.75, 3.05) is 18.6 Å². The minimum Gasteiger partial charge on any atom is -0.460 e. The van der Waals surface area contributed by atoms with Crippen LogP contribution in [0.3, 0.4) is 0 Å². The van der Waals surface area contributed by atoms with Crippen LogP contribution in [0.4, 0.5) is 0 Å². The van der Waals surface area contributed by atoms with E-state index < -0.39 is 5.63 Å². The topological polar surface area (TPSA) is 92.7 Å². The summed E-state index contributed by atoms with van der Waals surface area (Å²) in [5.74, 6) is 1.34. The number of carbonyl (C=O) groups is 1. The van der Waals surface area contributed by atoms with E-state index in [4.69, 9.17) is 8.83 Å². The molecule has 1 amide bonds. The molecule has 3 aromatic rings. The zero-order valence-electron chi connectivity index (χ0n) is 17.5. The van der Waals surface area contributed by atoms with Crippen LogP contribution in [0.15, 0.2) is 19.7 Å². The Morgan fingerprint density at radius 2 is 1.90 bits per heavy atom. The van der Waals surface area contributed by atoms with Gasteiger partial charge in [-0.05, 0) is 68.9 Å². The molecular formula is C22H27NO5S. The third kappa shape index (κ3) is 4.07. The van der Waals surface area contributed by atoms with Crippen molar-refractivity contribution >= 4 is 39.6 Å². The summed E-state index contributed by atoms with van der Waals surface area (Å²) in [4.78, 5) is 25.1. The van der Waals surface area contributed by atoms with Crippen molar-refractivity contribution in [1.29, 1.82) is 0 Å². The third-order valence-electron chi connectivity index (χ3n) is 5.47. The molecule has 6 nitrogen and oxygen atoms in total. The highest BCUT2D eigenvalue weighted by Crippen LogP contribution is 2.36. The van der Waals surface area contributed by atoms with E-state index in [0.717, 1.165) is 33.4 Å². The van der Waals surface area contributed by atoms with Crippen molar-refractivity contribution in [2.24, 2.45) is 0 Å². The summed E-state index contributed by atoms with van der Waals surface area (Å²) in [7, 11) is 0. The molecule has 2 aromatic heterocycles. The van der Waals surface area contributed by atoms with E-state index in [2.05, 4.69) is 5.32 Å². The molecule has 0 aliphatic carbocycles. The summed E-state index contributed by atoms with van der Waals surface area (Å²) in [5.41, 5.74) is 3.67. The third-order valence-corrected chi connectivity index (χ3v) is 6.11. The van der Waals surface area contributed by atoms with Crippen molar-refractivity contribution in [1.82, 2.24) is 5.32 Å². The van der Waals surface area contributed by atoms with E-state index in [1.54, 1.807) is 11.8 Å². The molecule has 0 aliphatic rings. The van der Waals surface area contributed by atoms with Crippen molar-refractivity contribution < 1.29 is 18.7 Å². The van der Waals surface area contributed by atoms with Gasteiger partial charge in [-0.15, -0.1) is 0 Å². The minimum absolute atomic E-state index is 0.103. The number of hydrogen-bond acceptors (Lipinski definition) is 6. The van der Waals surface area contributed by atoms with Crippen LogP contribution in [-0.4, -0.2) is 35.7 Å². The maximum absolute atomic E-state index is 12.6. The second-order valence-electron chi connectivity index (χ2n) is 7.45. The van der Waals surface area contributed by atoms with Gasteiger partial charge in [-0.1, -0.05) is 0 Å². The molecule has 0 saturated heterocycles. The maximum atomic E-state index is 12.6. The summed E-state index contributed by atoms with van der Waals surface area (Å²) in [6.45, 7) is 7.56. The number of aliphatic hydroxyl groups excluding tert-OH is 1. The van der Waals surface area contributed by atoms with Crippen LogP contribution in [0, 0.1) is 27.7 Å². The molecular weight excluding hydrogens is 390 g/mol. The summed E-state index contributed by atoms with van der Waals surface area (Å²) in [6.07, 6.45) is 2.54. The lowest BCUT2D eigenvalue weighted by atomic mass is 9.98. The summed E-state index contributed by atoms with van der Waals surface area (Å²) in [6, 6.07) is 1.52. The Hall–Kier alpha value is -2.25. The highest BCUT2D eigenvalue weighted by Gasteiger charge is 2.21. The van der Waals surface area contributed by atoms with Gasteiger partial charge in [-0.2, -0.15) is 11.8 Å². The first-order valence-electron chi connectivity index (χ1n) is 9.63. The first kappa shape index (κ1) is 21.5. The number of hydrogen-bond donors (Lipinski definition) is 2. The number of thioether (sulfide) groups is 1. The van der Waals surface area contributed by atoms with Gasteiger partial charge in [0.1, 0.15) is 16.9 Å². The molecule has 0 bridgehead atoms. The molecule has 0 aliphatic heterocycles. The van der Waals surface area contributed by atoms with Crippen molar-refractivity contribution in [3.63, 3.8) is 0 Å². The maximum Gasteiger partial charge on any atom is 0.340 e. The number of amides is 1. The van der Waals surface area contributed by atoms with Crippen LogP contribution in [0.2, 0.25) is 0 Å². The average Bonchev–Trinajstić information content (AvgIpc) is 2.97. The largest absolute Gasteiger partial charge is 0.460 e. The van der Waals surface area contributed by atoms with Gasteiger partial charge in [0.05, 0.1) is 30.0 Å². The monoisotopic (exact) mass is 417 g/mol. The number of furan rings is 1. The van der Waals surface area contributed by atoms with E-state index in [1.807, 2.05) is 40.0 Å². The lowest BCUT2D eigenvalue weighted by molar-refractivity contribution is -0.121. The van der Waals surface area contributed by atoms with Gasteiger partial charge in [-0.25, -0.2) is 4.79 Å². The summed E-state index contributed by atoms with van der Waals surface area (Å²) in [5, 5.41) is 14.0. The molecule has 1 aromatic carbocycles. The molecule has 0 fully saturated rings. The molecule has 156 valence electrons. The molecule has 0 spiro atoms. The SMILES string of the molecule is CSCC[C@H](CO)NC(=O)Cc1c(C)c2c(cc(C)c3c(C)c(C)oc32)oc1=O. The quantitative estimate of drug-likeness (QED) is 0.571. The Kier molecular flexibility index (Phi) is 6.39. The Labute approximate surface area is 173 Å². The number of aryl methyl sites for hydroxylation is 4. The normalized spacial score (nSPS) is 12.6. The molecule has 0 unspecified atom stereocenters. The zero-order chi connectivity index (χ0) is 21.3. The first-order valence-corrected chi connectivity index (χ1v) is 11.0. The van der Waals surface area contributed by atoms with Crippen LogP contribution in [0.25, 0.3) is 21.9 Å². The molecule has 7 heteroatoms. The van der Waals surface area contributed by atoms with Gasteiger partial charge >= 0.3 is 5.63 Å². The second kappa shape index (κ2) is 8.63. The Morgan fingerprint density at radius 1 is 1.17 bits per heavy atom. The Morgan fingerprint density at radius 3 is 2.55 bits per heavy atom. The van der Waals surface area contributed by atoms with Gasteiger partial charge in [-0.3, -0.25) is 4.79 Å². The number of nitrogens with one attached hydrogen (secondary N) is 1. The van der Waals surface area contributed by atoms with E-state index in [-0.39, 0.29) is 25.0 Å². The van der Waals surface area contributed by atoms with Crippen LogP contribution in [0.5, 0.6) is 0 Å². The summed E-state index contributed by atoms with van der Waals surface area (Å²) < 4.78 is 11.6. The number of aliphatic hydroxyl groups is 1. The van der Waals surface area contributed by atoms with E-state index in [9.17, 15) is 14.7 Å². The van der Waals surface area contributed by atoms with Crippen LogP contribution >= 0.6 is 11.8 Å². The van der Waals surface area contributed by atoms with E-state index in [1.165, 1.54) is 0 Å². The minimum atomic E-state index is -0.520. The van der Waals surface area contributed by atoms with Crippen LogP contribution in [0.1, 0.15) is 34.4 Å². The number of benzene rings is 1. The first-order chi connectivity index (χ1) is 13.8.